The van der Waals surface area contributed by atoms with Gasteiger partial charge in [0.1, 0.15) is 11.6 Å². The van der Waals surface area contributed by atoms with E-state index in [0.29, 0.717) is 0 Å². The van der Waals surface area contributed by atoms with Crippen molar-refractivity contribution in [1.82, 2.24) is 0 Å². The molecule has 0 atom stereocenters. The van der Waals surface area contributed by atoms with Crippen LogP contribution in [0.4, 0.5) is 4.39 Å². The van der Waals surface area contributed by atoms with Crippen molar-refractivity contribution < 1.29 is 17.6 Å². The maximum absolute atomic E-state index is 12.7. The van der Waals surface area contributed by atoms with Crippen molar-refractivity contribution in [3.63, 3.8) is 0 Å². The van der Waals surface area contributed by atoms with Gasteiger partial charge >= 0.3 is 0 Å². The summed E-state index contributed by atoms with van der Waals surface area (Å²) in [6, 6.07) is 5.01. The van der Waals surface area contributed by atoms with Gasteiger partial charge in [0.05, 0.1) is 0 Å². The van der Waals surface area contributed by atoms with Crippen LogP contribution in [0, 0.1) is 5.82 Å². The Morgan fingerprint density at radius 1 is 1.40 bits per heavy atom. The summed E-state index contributed by atoms with van der Waals surface area (Å²) in [5.74, 6) is -1.77. The van der Waals surface area contributed by atoms with Crippen LogP contribution in [-0.2, 0) is 9.84 Å². The van der Waals surface area contributed by atoms with E-state index in [4.69, 9.17) is 0 Å². The highest BCUT2D eigenvalue weighted by Gasteiger charge is 2.16. The fraction of sp³-hybridized carbons (Fsp3) is 0.300. The number of sulfone groups is 1. The Kier molecular flexibility index (Phi) is 3.57. The van der Waals surface area contributed by atoms with Gasteiger partial charge in [-0.2, -0.15) is 0 Å². The van der Waals surface area contributed by atoms with Crippen LogP contribution in [0.1, 0.15) is 17.3 Å². The smallest absolute Gasteiger partial charge is 0.177 e. The molecule has 0 saturated heterocycles. The minimum Gasteiger partial charge on any atom is -0.293 e. The quantitative estimate of drug-likeness (QED) is 0.735. The minimum atomic E-state index is -3.35. The molecule has 82 valence electrons. The number of Topliss-reactive ketones (excluding diaryl/α,β-unsaturated/α-hetero) is 1. The summed E-state index contributed by atoms with van der Waals surface area (Å²) in [6.45, 7) is 1.47. The molecular weight excluding hydrogens is 219 g/mol. The molecule has 0 spiro atoms. The number of rotatable bonds is 4. The molecule has 1 aromatic rings. The van der Waals surface area contributed by atoms with Gasteiger partial charge in [-0.3, -0.25) is 4.79 Å². The van der Waals surface area contributed by atoms with Crippen LogP contribution in [0.2, 0.25) is 0 Å². The molecule has 0 fully saturated rings. The molecule has 0 aliphatic carbocycles. The summed E-state index contributed by atoms with van der Waals surface area (Å²) in [5.41, 5.74) is 0.0898. The van der Waals surface area contributed by atoms with Crippen LogP contribution in [-0.4, -0.2) is 25.7 Å². The molecule has 15 heavy (non-hydrogen) atoms. The molecule has 0 heterocycles. The molecule has 0 unspecified atom stereocenters. The van der Waals surface area contributed by atoms with Crippen molar-refractivity contribution in [3.05, 3.63) is 35.6 Å². The van der Waals surface area contributed by atoms with Crippen molar-refractivity contribution in [2.75, 3.05) is 11.5 Å². The molecule has 0 aromatic heterocycles. The highest BCUT2D eigenvalue weighted by Crippen LogP contribution is 2.06. The lowest BCUT2D eigenvalue weighted by molar-refractivity contribution is 0.102. The monoisotopic (exact) mass is 230 g/mol. The van der Waals surface area contributed by atoms with Gasteiger partial charge in [0.25, 0.3) is 0 Å². The second-order valence-electron chi connectivity index (χ2n) is 3.11. The van der Waals surface area contributed by atoms with Crippen LogP contribution in [0.15, 0.2) is 24.3 Å². The van der Waals surface area contributed by atoms with Crippen molar-refractivity contribution in [3.8, 4) is 0 Å². The minimum absolute atomic E-state index is 0.0892. The third-order valence-electron chi connectivity index (χ3n) is 1.94. The predicted molar refractivity (Wildman–Crippen MR) is 55.1 cm³/mol. The Balaban J connectivity index is 2.87. The van der Waals surface area contributed by atoms with Crippen molar-refractivity contribution >= 4 is 15.6 Å². The summed E-state index contributed by atoms with van der Waals surface area (Å²) < 4.78 is 35.0. The van der Waals surface area contributed by atoms with E-state index in [2.05, 4.69) is 0 Å². The van der Waals surface area contributed by atoms with Gasteiger partial charge in [-0.25, -0.2) is 12.8 Å². The molecule has 0 saturated carbocycles. The molecule has 0 amide bonds. The summed E-state index contributed by atoms with van der Waals surface area (Å²) in [4.78, 5) is 11.4. The lowest BCUT2D eigenvalue weighted by atomic mass is 10.1. The summed E-state index contributed by atoms with van der Waals surface area (Å²) in [7, 11) is -3.35. The average Bonchev–Trinajstić information content (AvgIpc) is 2.17. The largest absolute Gasteiger partial charge is 0.293 e. The number of hydrogen-bond acceptors (Lipinski definition) is 3. The number of ketones is 1. The second kappa shape index (κ2) is 4.53. The Morgan fingerprint density at radius 3 is 2.60 bits per heavy atom. The van der Waals surface area contributed by atoms with E-state index in [1.54, 1.807) is 0 Å². The highest BCUT2D eigenvalue weighted by molar-refractivity contribution is 7.92. The summed E-state index contributed by atoms with van der Waals surface area (Å²) >= 11 is 0. The molecule has 0 aliphatic heterocycles. The zero-order valence-corrected chi connectivity index (χ0v) is 9.05. The van der Waals surface area contributed by atoms with Gasteiger partial charge in [0.15, 0.2) is 15.6 Å². The van der Waals surface area contributed by atoms with Crippen LogP contribution in [0.3, 0.4) is 0 Å². The molecule has 0 N–H and O–H groups in total. The van der Waals surface area contributed by atoms with Crippen LogP contribution in [0.5, 0.6) is 0 Å². The van der Waals surface area contributed by atoms with Gasteiger partial charge in [-0.15, -0.1) is 0 Å². The van der Waals surface area contributed by atoms with Crippen LogP contribution < -0.4 is 0 Å². The number of hydrogen-bond donors (Lipinski definition) is 0. The maximum atomic E-state index is 12.7. The van der Waals surface area contributed by atoms with E-state index in [1.807, 2.05) is 0 Å². The number of carbonyl (C=O) groups is 1. The lowest BCUT2D eigenvalue weighted by Gasteiger charge is -2.01. The number of benzene rings is 1. The normalized spacial score (nSPS) is 11.3. The zero-order chi connectivity index (χ0) is 11.5. The predicted octanol–water partition coefficient (Wildman–Crippen LogP) is 1.44. The molecule has 3 nitrogen and oxygen atoms in total. The maximum Gasteiger partial charge on any atom is 0.177 e. The first kappa shape index (κ1) is 11.8. The third kappa shape index (κ3) is 3.43. The molecular formula is C10H11FO3S. The van der Waals surface area contributed by atoms with E-state index in [0.717, 1.165) is 6.07 Å². The van der Waals surface area contributed by atoms with E-state index >= 15 is 0 Å². The van der Waals surface area contributed by atoms with Gasteiger partial charge in [-0.1, -0.05) is 19.1 Å². The summed E-state index contributed by atoms with van der Waals surface area (Å²) in [5, 5.41) is 0. The lowest BCUT2D eigenvalue weighted by Crippen LogP contribution is -2.17. The van der Waals surface area contributed by atoms with E-state index < -0.39 is 27.2 Å². The molecule has 1 aromatic carbocycles. The Hall–Kier alpha value is -1.23. The van der Waals surface area contributed by atoms with E-state index in [9.17, 15) is 17.6 Å². The fourth-order valence-electron chi connectivity index (χ4n) is 1.05. The molecule has 1 rings (SSSR count). The fourth-order valence-corrected chi connectivity index (χ4v) is 1.82. The van der Waals surface area contributed by atoms with Gasteiger partial charge in [-0.05, 0) is 12.1 Å². The first-order valence-corrected chi connectivity index (χ1v) is 6.26. The topological polar surface area (TPSA) is 51.2 Å². The average molecular weight is 230 g/mol. The van der Waals surface area contributed by atoms with Crippen molar-refractivity contribution in [2.24, 2.45) is 0 Å². The van der Waals surface area contributed by atoms with E-state index in [1.165, 1.54) is 25.1 Å². The van der Waals surface area contributed by atoms with Crippen molar-refractivity contribution in [2.45, 2.75) is 6.92 Å². The van der Waals surface area contributed by atoms with Crippen LogP contribution in [0.25, 0.3) is 0 Å². The SMILES string of the molecule is CCS(=O)(=O)CC(=O)c1cccc(F)c1. The first-order valence-electron chi connectivity index (χ1n) is 4.44. The van der Waals surface area contributed by atoms with Crippen molar-refractivity contribution in [1.29, 1.82) is 0 Å². The molecule has 0 bridgehead atoms. The second-order valence-corrected chi connectivity index (χ2v) is 5.46. The Bertz CT molecular complexity index is 465. The third-order valence-corrected chi connectivity index (χ3v) is 3.52. The van der Waals surface area contributed by atoms with Crippen LogP contribution >= 0.6 is 0 Å². The summed E-state index contributed by atoms with van der Waals surface area (Å²) in [6.07, 6.45) is 0. The number of halogens is 1. The van der Waals surface area contributed by atoms with E-state index in [-0.39, 0.29) is 11.3 Å². The molecule has 0 radical (unpaired) electrons. The van der Waals surface area contributed by atoms with Gasteiger partial charge < -0.3 is 0 Å². The molecule has 0 aliphatic rings. The Morgan fingerprint density at radius 2 is 2.07 bits per heavy atom. The highest BCUT2D eigenvalue weighted by atomic mass is 32.2. The Labute approximate surface area is 87.8 Å². The number of carbonyl (C=O) groups excluding carboxylic acids is 1. The van der Waals surface area contributed by atoms with Gasteiger partial charge in [0, 0.05) is 11.3 Å². The first-order chi connectivity index (χ1) is 6.94. The molecule has 5 heteroatoms. The zero-order valence-electron chi connectivity index (χ0n) is 8.23. The van der Waals surface area contributed by atoms with Gasteiger partial charge in [0.2, 0.25) is 0 Å². The standard InChI is InChI=1S/C10H11FO3S/c1-2-15(13,14)7-10(12)8-4-3-5-9(11)6-8/h3-6H,2,7H2,1H3.